The van der Waals surface area contributed by atoms with Gasteiger partial charge in [-0.25, -0.2) is 9.97 Å². The van der Waals surface area contributed by atoms with Crippen molar-refractivity contribution in [1.29, 1.82) is 0 Å². The minimum Gasteiger partial charge on any atom is -0.497 e. The van der Waals surface area contributed by atoms with E-state index in [2.05, 4.69) is 31.0 Å². The zero-order valence-corrected chi connectivity index (χ0v) is 13.8. The van der Waals surface area contributed by atoms with E-state index in [9.17, 15) is 0 Å². The van der Waals surface area contributed by atoms with E-state index >= 15 is 0 Å². The van der Waals surface area contributed by atoms with E-state index in [4.69, 9.17) is 10.5 Å². The second kappa shape index (κ2) is 5.20. The molecule has 0 unspecified atom stereocenters. The molecule has 2 heterocycles. The molecule has 0 atom stereocenters. The van der Waals surface area contributed by atoms with E-state index < -0.39 is 0 Å². The van der Waals surface area contributed by atoms with Crippen molar-refractivity contribution < 1.29 is 4.74 Å². The smallest absolute Gasteiger partial charge is 0.223 e. The lowest BCUT2D eigenvalue weighted by atomic mass is 10.2. The molecule has 23 heavy (non-hydrogen) atoms. The van der Waals surface area contributed by atoms with Crippen LogP contribution < -0.4 is 10.5 Å². The predicted molar refractivity (Wildman–Crippen MR) is 92.4 cm³/mol. The molecule has 0 saturated heterocycles. The minimum absolute atomic E-state index is 0.298. The maximum absolute atomic E-state index is 6.04. The van der Waals surface area contributed by atoms with Gasteiger partial charge in [-0.05, 0) is 52.3 Å². The van der Waals surface area contributed by atoms with Crippen molar-refractivity contribution in [3.63, 3.8) is 0 Å². The zero-order valence-electron chi connectivity index (χ0n) is 12.2. The molecule has 0 aliphatic rings. The van der Waals surface area contributed by atoms with Gasteiger partial charge in [0.2, 0.25) is 5.95 Å². The number of hydrogen-bond acceptors (Lipinski definition) is 5. The van der Waals surface area contributed by atoms with Crippen molar-refractivity contribution in [3.8, 4) is 17.1 Å². The number of ether oxygens (including phenoxy) is 1. The number of benzene rings is 2. The fourth-order valence-electron chi connectivity index (χ4n) is 2.48. The van der Waals surface area contributed by atoms with E-state index in [0.717, 1.165) is 26.7 Å². The molecule has 114 valence electrons. The van der Waals surface area contributed by atoms with Gasteiger partial charge in [-0.15, -0.1) is 5.10 Å². The lowest BCUT2D eigenvalue weighted by Gasteiger charge is -2.03. The summed E-state index contributed by atoms with van der Waals surface area (Å²) in [5.74, 6) is 1.67. The van der Waals surface area contributed by atoms with Crippen molar-refractivity contribution in [2.75, 3.05) is 12.8 Å². The van der Waals surface area contributed by atoms with Crippen molar-refractivity contribution in [2.45, 2.75) is 0 Å². The average Bonchev–Trinajstić information content (AvgIpc) is 3.02. The standard InChI is InChI=1S/C16H12BrN5O/c1-23-10-7-5-9(6-8-10)14-20-15-11-3-2-4-12(17)13(11)19-16(18)22(15)21-14/h2-8H,1H3,(H2,18,19). The first-order valence-corrected chi connectivity index (χ1v) is 7.71. The van der Waals surface area contributed by atoms with E-state index in [0.29, 0.717) is 17.4 Å². The third-order valence-corrected chi connectivity index (χ3v) is 4.27. The van der Waals surface area contributed by atoms with Crippen LogP contribution in [0.5, 0.6) is 5.75 Å². The Labute approximate surface area is 140 Å². The maximum atomic E-state index is 6.04. The van der Waals surface area contributed by atoms with Crippen molar-refractivity contribution in [3.05, 3.63) is 46.9 Å². The summed E-state index contributed by atoms with van der Waals surface area (Å²) >= 11 is 3.49. The summed E-state index contributed by atoms with van der Waals surface area (Å²) < 4.78 is 7.61. The van der Waals surface area contributed by atoms with Crippen molar-refractivity contribution in [2.24, 2.45) is 0 Å². The molecule has 0 saturated carbocycles. The third kappa shape index (κ3) is 2.20. The first-order valence-electron chi connectivity index (χ1n) is 6.92. The number of halogens is 1. The van der Waals surface area contributed by atoms with Gasteiger partial charge in [-0.1, -0.05) is 6.07 Å². The molecule has 6 nitrogen and oxygen atoms in total. The number of aromatic nitrogens is 4. The number of nitrogens with zero attached hydrogens (tertiary/aromatic N) is 4. The second-order valence-electron chi connectivity index (χ2n) is 5.01. The van der Waals surface area contributed by atoms with E-state index in [1.807, 2.05) is 42.5 Å². The molecule has 0 aliphatic heterocycles. The van der Waals surface area contributed by atoms with Crippen LogP contribution in [-0.4, -0.2) is 26.7 Å². The second-order valence-corrected chi connectivity index (χ2v) is 5.86. The fourth-order valence-corrected chi connectivity index (χ4v) is 2.93. The molecule has 2 aromatic carbocycles. The van der Waals surface area contributed by atoms with Gasteiger partial charge in [-0.2, -0.15) is 4.52 Å². The Kier molecular flexibility index (Phi) is 3.16. The van der Waals surface area contributed by atoms with Crippen molar-refractivity contribution >= 4 is 38.4 Å². The highest BCUT2D eigenvalue weighted by Crippen LogP contribution is 2.28. The van der Waals surface area contributed by atoms with E-state index in [1.54, 1.807) is 11.6 Å². The monoisotopic (exact) mass is 369 g/mol. The molecule has 2 N–H and O–H groups in total. The Bertz CT molecular complexity index is 1030. The highest BCUT2D eigenvalue weighted by molar-refractivity contribution is 9.10. The molecular formula is C16H12BrN5O. The Morgan fingerprint density at radius 2 is 1.87 bits per heavy atom. The molecule has 0 bridgehead atoms. The Morgan fingerprint density at radius 1 is 1.09 bits per heavy atom. The van der Waals surface area contributed by atoms with Gasteiger partial charge in [-0.3, -0.25) is 0 Å². The zero-order chi connectivity index (χ0) is 16.0. The van der Waals surface area contributed by atoms with Crippen LogP contribution in [0.4, 0.5) is 5.95 Å². The van der Waals surface area contributed by atoms with Gasteiger partial charge in [0.15, 0.2) is 11.5 Å². The van der Waals surface area contributed by atoms with Crippen LogP contribution in [0.15, 0.2) is 46.9 Å². The highest BCUT2D eigenvalue weighted by atomic mass is 79.9. The SMILES string of the molecule is COc1ccc(-c2nc3c4cccc(Br)c4nc(N)n3n2)cc1. The van der Waals surface area contributed by atoms with Crippen LogP contribution >= 0.6 is 15.9 Å². The van der Waals surface area contributed by atoms with E-state index in [-0.39, 0.29) is 0 Å². The predicted octanol–water partition coefficient (Wildman–Crippen LogP) is 3.30. The summed E-state index contributed by atoms with van der Waals surface area (Å²) in [6, 6.07) is 13.4. The average molecular weight is 370 g/mol. The lowest BCUT2D eigenvalue weighted by molar-refractivity contribution is 0.415. The summed E-state index contributed by atoms with van der Waals surface area (Å²) in [7, 11) is 1.63. The normalized spacial score (nSPS) is 11.2. The summed E-state index contributed by atoms with van der Waals surface area (Å²) in [5.41, 5.74) is 8.37. The van der Waals surface area contributed by atoms with Crippen LogP contribution in [0.25, 0.3) is 27.9 Å². The molecule has 0 radical (unpaired) electrons. The number of fused-ring (bicyclic) bond motifs is 3. The molecule has 0 amide bonds. The molecule has 0 aliphatic carbocycles. The van der Waals surface area contributed by atoms with Gasteiger partial charge in [0, 0.05) is 15.4 Å². The van der Waals surface area contributed by atoms with Gasteiger partial charge in [0.1, 0.15) is 5.75 Å². The molecule has 4 rings (SSSR count). The molecule has 0 spiro atoms. The van der Waals surface area contributed by atoms with Crippen LogP contribution in [0.1, 0.15) is 0 Å². The van der Waals surface area contributed by atoms with Gasteiger partial charge < -0.3 is 10.5 Å². The molecule has 2 aromatic heterocycles. The molecular weight excluding hydrogens is 358 g/mol. The first kappa shape index (κ1) is 14.0. The fraction of sp³-hybridized carbons (Fsp3) is 0.0625. The van der Waals surface area contributed by atoms with Gasteiger partial charge in [0.25, 0.3) is 0 Å². The lowest BCUT2D eigenvalue weighted by Crippen LogP contribution is -2.02. The number of methoxy groups -OCH3 is 1. The highest BCUT2D eigenvalue weighted by Gasteiger charge is 2.14. The number of rotatable bonds is 2. The van der Waals surface area contributed by atoms with E-state index in [1.165, 1.54) is 0 Å². The molecule has 0 fully saturated rings. The van der Waals surface area contributed by atoms with Crippen LogP contribution in [0, 0.1) is 0 Å². The number of nitrogens with two attached hydrogens (primary N) is 1. The quantitative estimate of drug-likeness (QED) is 0.586. The summed E-state index contributed by atoms with van der Waals surface area (Å²) in [6.45, 7) is 0. The summed E-state index contributed by atoms with van der Waals surface area (Å²) in [5, 5.41) is 5.37. The topological polar surface area (TPSA) is 78.3 Å². The summed E-state index contributed by atoms with van der Waals surface area (Å²) in [4.78, 5) is 9.05. The molecule has 4 aromatic rings. The number of nitrogen functional groups attached to an aromatic ring is 1. The Morgan fingerprint density at radius 3 is 2.61 bits per heavy atom. The maximum Gasteiger partial charge on any atom is 0.223 e. The van der Waals surface area contributed by atoms with Crippen molar-refractivity contribution in [1.82, 2.24) is 19.6 Å². The number of para-hydroxylation sites is 1. The molecule has 7 heteroatoms. The van der Waals surface area contributed by atoms with Gasteiger partial charge in [0.05, 0.1) is 12.6 Å². The Hall–Kier alpha value is -2.67. The third-order valence-electron chi connectivity index (χ3n) is 3.63. The number of anilines is 1. The van der Waals surface area contributed by atoms with Crippen LogP contribution in [0.2, 0.25) is 0 Å². The summed E-state index contributed by atoms with van der Waals surface area (Å²) in [6.07, 6.45) is 0. The minimum atomic E-state index is 0.298. The first-order chi connectivity index (χ1) is 11.2. The largest absolute Gasteiger partial charge is 0.497 e. The van der Waals surface area contributed by atoms with Gasteiger partial charge >= 0.3 is 0 Å². The van der Waals surface area contributed by atoms with Crippen LogP contribution in [-0.2, 0) is 0 Å². The Balaban J connectivity index is 1.98. The van der Waals surface area contributed by atoms with Crippen LogP contribution in [0.3, 0.4) is 0 Å². The number of hydrogen-bond donors (Lipinski definition) is 1.